The van der Waals surface area contributed by atoms with E-state index in [2.05, 4.69) is 16.1 Å². The van der Waals surface area contributed by atoms with E-state index in [1.54, 1.807) is 0 Å². The molecule has 3 heteroatoms. The van der Waals surface area contributed by atoms with E-state index in [4.69, 9.17) is 0 Å². The molecule has 1 amide bonds. The first-order valence-electron chi connectivity index (χ1n) is 6.43. The second-order valence-corrected chi connectivity index (χ2v) is 6.32. The van der Waals surface area contributed by atoms with Gasteiger partial charge in [0.25, 0.3) is 5.91 Å². The summed E-state index contributed by atoms with van der Waals surface area (Å²) in [5, 5.41) is 7.26. The van der Waals surface area contributed by atoms with Crippen LogP contribution in [0.3, 0.4) is 0 Å². The molecule has 0 saturated heterocycles. The number of para-hydroxylation sites is 1. The lowest BCUT2D eigenvalue weighted by atomic mass is 10.2. The number of nitrogens with one attached hydrogen (secondary N) is 1. The summed E-state index contributed by atoms with van der Waals surface area (Å²) >= 11 is 0. The van der Waals surface area contributed by atoms with Crippen LogP contribution in [-0.4, -0.2) is 5.91 Å². The molecule has 0 aliphatic carbocycles. The first-order valence-corrected chi connectivity index (χ1v) is 7.91. The van der Waals surface area contributed by atoms with Gasteiger partial charge < -0.3 is 5.32 Å². The van der Waals surface area contributed by atoms with Gasteiger partial charge in [-0.15, -0.1) is 0 Å². The van der Waals surface area contributed by atoms with Crippen molar-refractivity contribution in [2.75, 3.05) is 5.32 Å². The summed E-state index contributed by atoms with van der Waals surface area (Å²) in [5.41, 5.74) is 1.57. The zero-order valence-corrected chi connectivity index (χ0v) is 11.8. The first kappa shape index (κ1) is 12.8. The van der Waals surface area contributed by atoms with Crippen molar-refractivity contribution in [1.29, 1.82) is 0 Å². The Kier molecular flexibility index (Phi) is 3.70. The standard InChI is InChI=1S/C17H15NOS/c19-17(18-14-8-2-1-3-9-14)15-10-4-5-11-16(15)20-12-6-7-13-20/h1-13,20H,(H,18,19). The molecule has 0 radical (unpaired) electrons. The summed E-state index contributed by atoms with van der Waals surface area (Å²) in [6.07, 6.45) is 4.08. The van der Waals surface area contributed by atoms with Crippen molar-refractivity contribution in [2.45, 2.75) is 4.90 Å². The van der Waals surface area contributed by atoms with E-state index >= 15 is 0 Å². The molecule has 0 bridgehead atoms. The number of thiol groups is 1. The van der Waals surface area contributed by atoms with Crippen LogP contribution in [0, 0.1) is 0 Å². The number of hydrogen-bond donors (Lipinski definition) is 2. The van der Waals surface area contributed by atoms with Crippen molar-refractivity contribution in [1.82, 2.24) is 0 Å². The van der Waals surface area contributed by atoms with Crippen LogP contribution in [0.25, 0.3) is 0 Å². The van der Waals surface area contributed by atoms with Crippen LogP contribution < -0.4 is 5.32 Å². The SMILES string of the molecule is O=C(Nc1ccccc1)c1ccccc1[SH]1C=CC=C1. The second kappa shape index (κ2) is 5.80. The third-order valence-corrected chi connectivity index (χ3v) is 5.00. The van der Waals surface area contributed by atoms with Crippen LogP contribution in [-0.2, 0) is 0 Å². The molecular weight excluding hydrogens is 266 g/mol. The first-order chi connectivity index (χ1) is 9.84. The normalized spacial score (nSPS) is 14.5. The van der Waals surface area contributed by atoms with Gasteiger partial charge in [0.15, 0.2) is 0 Å². The molecule has 0 atom stereocenters. The van der Waals surface area contributed by atoms with Gasteiger partial charge in [0, 0.05) is 10.6 Å². The molecule has 1 N–H and O–H groups in total. The summed E-state index contributed by atoms with van der Waals surface area (Å²) in [4.78, 5) is 13.5. The van der Waals surface area contributed by atoms with Gasteiger partial charge in [0.1, 0.15) is 0 Å². The molecule has 20 heavy (non-hydrogen) atoms. The second-order valence-electron chi connectivity index (χ2n) is 4.43. The number of rotatable bonds is 3. The summed E-state index contributed by atoms with van der Waals surface area (Å²) in [5.74, 6) is -0.0528. The number of allylic oxidation sites excluding steroid dienone is 2. The Hall–Kier alpha value is -2.26. The number of benzene rings is 2. The predicted octanol–water partition coefficient (Wildman–Crippen LogP) is 4.34. The predicted molar refractivity (Wildman–Crippen MR) is 86.4 cm³/mol. The van der Waals surface area contributed by atoms with Crippen LogP contribution in [0.2, 0.25) is 0 Å². The van der Waals surface area contributed by atoms with Crippen LogP contribution in [0.4, 0.5) is 5.69 Å². The van der Waals surface area contributed by atoms with Gasteiger partial charge in [-0.25, -0.2) is 0 Å². The molecule has 1 aliphatic heterocycles. The molecule has 1 aliphatic rings. The molecule has 1 heterocycles. The van der Waals surface area contributed by atoms with Gasteiger partial charge in [-0.3, -0.25) is 4.79 Å². The van der Waals surface area contributed by atoms with Crippen LogP contribution in [0.5, 0.6) is 0 Å². The summed E-state index contributed by atoms with van der Waals surface area (Å²) in [6, 6.07) is 17.3. The third-order valence-electron chi connectivity index (χ3n) is 3.06. The average Bonchev–Trinajstić information content (AvgIpc) is 3.02. The molecular formula is C17H15NOS. The van der Waals surface area contributed by atoms with Crippen LogP contribution >= 0.6 is 10.9 Å². The van der Waals surface area contributed by atoms with E-state index in [9.17, 15) is 4.79 Å². The number of anilines is 1. The number of carbonyl (C=O) groups excluding carboxylic acids is 1. The summed E-state index contributed by atoms with van der Waals surface area (Å²) < 4.78 is 0. The highest BCUT2D eigenvalue weighted by Gasteiger charge is 2.14. The fourth-order valence-electron chi connectivity index (χ4n) is 2.11. The van der Waals surface area contributed by atoms with Crippen molar-refractivity contribution in [3.63, 3.8) is 0 Å². The highest BCUT2D eigenvalue weighted by molar-refractivity contribution is 8.22. The molecule has 0 fully saturated rings. The molecule has 0 spiro atoms. The Morgan fingerprint density at radius 2 is 1.50 bits per heavy atom. The maximum absolute atomic E-state index is 12.4. The molecule has 0 unspecified atom stereocenters. The average molecular weight is 281 g/mol. The van der Waals surface area contributed by atoms with E-state index < -0.39 is 10.9 Å². The minimum Gasteiger partial charge on any atom is -0.322 e. The van der Waals surface area contributed by atoms with E-state index in [-0.39, 0.29) is 5.91 Å². The molecule has 2 aromatic rings. The Morgan fingerprint density at radius 1 is 0.850 bits per heavy atom. The topological polar surface area (TPSA) is 29.1 Å². The smallest absolute Gasteiger partial charge is 0.256 e. The fraction of sp³-hybridized carbons (Fsp3) is 0. The van der Waals surface area contributed by atoms with Gasteiger partial charge in [0.05, 0.1) is 5.56 Å². The lowest BCUT2D eigenvalue weighted by Crippen LogP contribution is -2.13. The maximum Gasteiger partial charge on any atom is 0.256 e. The number of amides is 1. The zero-order valence-electron chi connectivity index (χ0n) is 10.9. The van der Waals surface area contributed by atoms with Crippen molar-refractivity contribution < 1.29 is 4.79 Å². The van der Waals surface area contributed by atoms with Crippen molar-refractivity contribution in [2.24, 2.45) is 0 Å². The van der Waals surface area contributed by atoms with Crippen molar-refractivity contribution in [3.05, 3.63) is 83.1 Å². The van der Waals surface area contributed by atoms with E-state index in [0.717, 1.165) is 16.1 Å². The van der Waals surface area contributed by atoms with E-state index in [0.29, 0.717) is 0 Å². The quantitative estimate of drug-likeness (QED) is 0.805. The summed E-state index contributed by atoms with van der Waals surface area (Å²) in [6.45, 7) is 0. The fourth-order valence-corrected chi connectivity index (χ4v) is 3.81. The van der Waals surface area contributed by atoms with Crippen LogP contribution in [0.1, 0.15) is 10.4 Å². The Bertz CT molecular complexity index is 664. The lowest BCUT2D eigenvalue weighted by molar-refractivity contribution is 0.102. The van der Waals surface area contributed by atoms with E-state index in [1.807, 2.05) is 66.7 Å². The molecule has 2 aromatic carbocycles. The van der Waals surface area contributed by atoms with Crippen molar-refractivity contribution in [3.8, 4) is 0 Å². The minimum absolute atomic E-state index is 0.0528. The maximum atomic E-state index is 12.4. The van der Waals surface area contributed by atoms with Crippen molar-refractivity contribution >= 4 is 22.5 Å². The van der Waals surface area contributed by atoms with Gasteiger partial charge >= 0.3 is 0 Å². The molecule has 2 nitrogen and oxygen atoms in total. The van der Waals surface area contributed by atoms with Crippen LogP contribution in [0.15, 0.2) is 82.5 Å². The zero-order chi connectivity index (χ0) is 13.8. The number of hydrogen-bond acceptors (Lipinski definition) is 1. The molecule has 0 aromatic heterocycles. The van der Waals surface area contributed by atoms with Gasteiger partial charge in [0.2, 0.25) is 0 Å². The molecule has 100 valence electrons. The van der Waals surface area contributed by atoms with Gasteiger partial charge in [-0.05, 0) is 35.1 Å². The van der Waals surface area contributed by atoms with E-state index in [1.165, 1.54) is 0 Å². The highest BCUT2D eigenvalue weighted by Crippen LogP contribution is 2.43. The highest BCUT2D eigenvalue weighted by atomic mass is 32.2. The Labute approximate surface area is 121 Å². The monoisotopic (exact) mass is 281 g/mol. The minimum atomic E-state index is -0.490. The molecule has 3 rings (SSSR count). The third kappa shape index (κ3) is 2.68. The van der Waals surface area contributed by atoms with Gasteiger partial charge in [-0.2, -0.15) is 10.9 Å². The number of carbonyl (C=O) groups is 1. The Balaban J connectivity index is 1.88. The summed E-state index contributed by atoms with van der Waals surface area (Å²) in [7, 11) is -0.490. The Morgan fingerprint density at radius 3 is 2.25 bits per heavy atom. The lowest BCUT2D eigenvalue weighted by Gasteiger charge is -2.15. The molecule has 0 saturated carbocycles. The largest absolute Gasteiger partial charge is 0.322 e. The van der Waals surface area contributed by atoms with Gasteiger partial charge in [-0.1, -0.05) is 42.5 Å².